The van der Waals surface area contributed by atoms with Gasteiger partial charge in [-0.15, -0.1) is 0 Å². The minimum Gasteiger partial charge on any atom is -0.493 e. The van der Waals surface area contributed by atoms with Crippen LogP contribution in [0.25, 0.3) is 11.3 Å². The predicted molar refractivity (Wildman–Crippen MR) is 116 cm³/mol. The van der Waals surface area contributed by atoms with Crippen molar-refractivity contribution in [2.24, 2.45) is 0 Å². The van der Waals surface area contributed by atoms with Crippen LogP contribution in [0.5, 0.6) is 17.2 Å². The molecule has 2 aromatic carbocycles. The Bertz CT molecular complexity index is 1030. The maximum absolute atomic E-state index is 12.8. The number of anilines is 1. The number of carbonyl (C=O) groups excluding carboxylic acids is 1. The number of aryl methyl sites for hydroxylation is 1. The van der Waals surface area contributed by atoms with Gasteiger partial charge in [-0.25, -0.2) is 0 Å². The van der Waals surface area contributed by atoms with Crippen molar-refractivity contribution in [2.45, 2.75) is 6.92 Å². The zero-order valence-electron chi connectivity index (χ0n) is 16.6. The maximum Gasteiger partial charge on any atom is 0.257 e. The summed E-state index contributed by atoms with van der Waals surface area (Å²) < 4.78 is 16.9. The summed E-state index contributed by atoms with van der Waals surface area (Å²) in [6.07, 6.45) is 0. The molecule has 0 radical (unpaired) electrons. The molecule has 0 unspecified atom stereocenters. The Balaban J connectivity index is 1.88. The number of rotatable bonds is 6. The molecule has 0 fully saturated rings. The molecule has 3 rings (SSSR count). The molecule has 0 aliphatic carbocycles. The molecule has 1 amide bonds. The number of aromatic nitrogens is 1. The molecule has 6 nitrogen and oxygen atoms in total. The molecule has 1 heterocycles. The lowest BCUT2D eigenvalue weighted by molar-refractivity contribution is 0.102. The van der Waals surface area contributed by atoms with Gasteiger partial charge in [0.25, 0.3) is 5.91 Å². The van der Waals surface area contributed by atoms with Gasteiger partial charge in [-0.2, -0.15) is 0 Å². The van der Waals surface area contributed by atoms with Crippen molar-refractivity contribution in [3.05, 3.63) is 64.3 Å². The molecule has 3 aromatic rings. The summed E-state index contributed by atoms with van der Waals surface area (Å²) in [6.45, 7) is 1.81. The predicted octanol–water partition coefficient (Wildman–Crippen LogP) is 5.10. The first-order chi connectivity index (χ1) is 14.0. The van der Waals surface area contributed by atoms with E-state index in [4.69, 9.17) is 14.2 Å². The largest absolute Gasteiger partial charge is 0.493 e. The quantitative estimate of drug-likeness (QED) is 0.558. The van der Waals surface area contributed by atoms with E-state index in [0.29, 0.717) is 34.2 Å². The van der Waals surface area contributed by atoms with Crippen molar-refractivity contribution in [1.82, 2.24) is 4.98 Å². The molecule has 0 spiro atoms. The third-order valence-corrected chi connectivity index (χ3v) is 4.87. The molecule has 29 heavy (non-hydrogen) atoms. The average Bonchev–Trinajstić information content (AvgIpc) is 2.72. The minimum atomic E-state index is -0.273. The van der Waals surface area contributed by atoms with Gasteiger partial charge in [0.1, 0.15) is 0 Å². The Kier molecular flexibility index (Phi) is 6.39. The van der Waals surface area contributed by atoms with Crippen LogP contribution >= 0.6 is 15.9 Å². The molecule has 0 atom stereocenters. The summed E-state index contributed by atoms with van der Waals surface area (Å²) in [6, 6.07) is 14.8. The second kappa shape index (κ2) is 8.96. The van der Waals surface area contributed by atoms with Gasteiger partial charge in [-0.1, -0.05) is 28.1 Å². The molecule has 0 saturated carbocycles. The number of ether oxygens (including phenoxy) is 3. The normalized spacial score (nSPS) is 10.4. The van der Waals surface area contributed by atoms with E-state index in [9.17, 15) is 4.79 Å². The number of halogens is 1. The first kappa shape index (κ1) is 20.7. The fourth-order valence-corrected chi connectivity index (χ4v) is 3.36. The highest BCUT2D eigenvalue weighted by Gasteiger charge is 2.17. The maximum atomic E-state index is 12.8. The molecular weight excluding hydrogens is 436 g/mol. The first-order valence-electron chi connectivity index (χ1n) is 8.81. The number of amides is 1. The van der Waals surface area contributed by atoms with Gasteiger partial charge in [0.05, 0.1) is 38.3 Å². The smallest absolute Gasteiger partial charge is 0.257 e. The van der Waals surface area contributed by atoms with E-state index in [1.54, 1.807) is 18.2 Å². The van der Waals surface area contributed by atoms with Crippen LogP contribution in [0.3, 0.4) is 0 Å². The van der Waals surface area contributed by atoms with Crippen molar-refractivity contribution in [2.75, 3.05) is 26.6 Å². The van der Waals surface area contributed by atoms with Crippen molar-refractivity contribution in [1.29, 1.82) is 0 Å². The highest BCUT2D eigenvalue weighted by Crippen LogP contribution is 2.40. The van der Waals surface area contributed by atoms with E-state index >= 15 is 0 Å². The van der Waals surface area contributed by atoms with Crippen LogP contribution in [-0.2, 0) is 0 Å². The molecule has 1 aromatic heterocycles. The van der Waals surface area contributed by atoms with Gasteiger partial charge >= 0.3 is 0 Å². The Morgan fingerprint density at radius 3 is 2.21 bits per heavy atom. The van der Waals surface area contributed by atoms with Crippen LogP contribution in [0, 0.1) is 6.92 Å². The number of hydrogen-bond acceptors (Lipinski definition) is 5. The molecule has 0 bridgehead atoms. The third kappa shape index (κ3) is 4.51. The van der Waals surface area contributed by atoms with Crippen LogP contribution in [0.2, 0.25) is 0 Å². The Hall–Kier alpha value is -3.06. The van der Waals surface area contributed by atoms with E-state index in [1.807, 2.05) is 37.3 Å². The zero-order valence-corrected chi connectivity index (χ0v) is 18.2. The van der Waals surface area contributed by atoms with Crippen LogP contribution in [0.1, 0.15) is 16.1 Å². The Morgan fingerprint density at radius 1 is 0.966 bits per heavy atom. The average molecular weight is 457 g/mol. The van der Waals surface area contributed by atoms with Gasteiger partial charge in [-0.05, 0) is 31.2 Å². The number of carbonyl (C=O) groups is 1. The van der Waals surface area contributed by atoms with Crippen molar-refractivity contribution in [3.8, 4) is 28.5 Å². The topological polar surface area (TPSA) is 69.7 Å². The molecule has 150 valence electrons. The van der Waals surface area contributed by atoms with E-state index < -0.39 is 0 Å². The molecule has 0 saturated heterocycles. The van der Waals surface area contributed by atoms with Crippen molar-refractivity contribution < 1.29 is 19.0 Å². The van der Waals surface area contributed by atoms with Crippen LogP contribution in [0.15, 0.2) is 53.0 Å². The van der Waals surface area contributed by atoms with Gasteiger partial charge in [0.2, 0.25) is 5.75 Å². The fourth-order valence-electron chi connectivity index (χ4n) is 2.96. The van der Waals surface area contributed by atoms with Crippen LogP contribution < -0.4 is 19.5 Å². The van der Waals surface area contributed by atoms with Crippen LogP contribution in [0.4, 0.5) is 5.69 Å². The summed E-state index contributed by atoms with van der Waals surface area (Å²) in [5, 5.41) is 2.87. The van der Waals surface area contributed by atoms with E-state index in [-0.39, 0.29) is 5.91 Å². The second-order valence-electron chi connectivity index (χ2n) is 6.21. The van der Waals surface area contributed by atoms with Crippen molar-refractivity contribution in [3.63, 3.8) is 0 Å². The van der Waals surface area contributed by atoms with Crippen LogP contribution in [-0.4, -0.2) is 32.2 Å². The lowest BCUT2D eigenvalue weighted by Gasteiger charge is -2.15. The summed E-state index contributed by atoms with van der Waals surface area (Å²) in [5.74, 6) is 1.11. The summed E-state index contributed by atoms with van der Waals surface area (Å²) in [5.41, 5.74) is 3.41. The van der Waals surface area contributed by atoms with Crippen molar-refractivity contribution >= 4 is 27.5 Å². The Morgan fingerprint density at radius 2 is 1.66 bits per heavy atom. The molecular formula is C22H21BrN2O4. The zero-order chi connectivity index (χ0) is 21.0. The molecule has 0 aliphatic heterocycles. The second-order valence-corrected chi connectivity index (χ2v) is 7.12. The van der Waals surface area contributed by atoms with E-state index in [1.165, 1.54) is 21.3 Å². The Labute approximate surface area is 178 Å². The highest BCUT2D eigenvalue weighted by molar-refractivity contribution is 9.10. The lowest BCUT2D eigenvalue weighted by atomic mass is 10.1. The number of nitrogens with one attached hydrogen (secondary N) is 1. The monoisotopic (exact) mass is 456 g/mol. The molecule has 7 heteroatoms. The SMILES string of the molecule is COc1cc(NC(=O)c2ccc(-c3cccc(Br)c3)nc2C)cc(OC)c1OC. The van der Waals surface area contributed by atoms with Gasteiger partial charge < -0.3 is 19.5 Å². The van der Waals surface area contributed by atoms with Gasteiger partial charge in [-0.3, -0.25) is 9.78 Å². The van der Waals surface area contributed by atoms with Gasteiger partial charge in [0.15, 0.2) is 11.5 Å². The summed E-state index contributed by atoms with van der Waals surface area (Å²) >= 11 is 3.47. The molecule has 0 aliphatic rings. The minimum absolute atomic E-state index is 0.273. The number of benzene rings is 2. The number of pyridine rings is 1. The van der Waals surface area contributed by atoms with E-state index in [2.05, 4.69) is 26.2 Å². The highest BCUT2D eigenvalue weighted by atomic mass is 79.9. The fraction of sp³-hybridized carbons (Fsp3) is 0.182. The van der Waals surface area contributed by atoms with E-state index in [0.717, 1.165) is 15.7 Å². The number of methoxy groups -OCH3 is 3. The van der Waals surface area contributed by atoms with Gasteiger partial charge in [0, 0.05) is 27.9 Å². The third-order valence-electron chi connectivity index (χ3n) is 4.37. The summed E-state index contributed by atoms with van der Waals surface area (Å²) in [7, 11) is 4.58. The lowest BCUT2D eigenvalue weighted by Crippen LogP contribution is -2.14. The molecule has 1 N–H and O–H groups in total. The summed E-state index contributed by atoms with van der Waals surface area (Å²) in [4.78, 5) is 17.4. The first-order valence-corrected chi connectivity index (χ1v) is 9.61. The standard InChI is InChI=1S/C22H21BrN2O4/c1-13-17(8-9-18(24-13)14-6-5-7-15(23)10-14)22(26)25-16-11-19(27-2)21(29-4)20(12-16)28-3/h5-12H,1-4H3,(H,25,26). The number of nitrogens with zero attached hydrogens (tertiary/aromatic N) is 1. The number of hydrogen-bond donors (Lipinski definition) is 1.